The molecule has 1 fully saturated rings. The minimum atomic E-state index is -0.347. The number of H-pyrrole nitrogens is 1. The van der Waals surface area contributed by atoms with Crippen molar-refractivity contribution < 1.29 is 4.74 Å². The first-order valence-electron chi connectivity index (χ1n) is 8.71. The summed E-state index contributed by atoms with van der Waals surface area (Å²) in [5.74, 6) is 0. The van der Waals surface area contributed by atoms with E-state index < -0.39 is 0 Å². The van der Waals surface area contributed by atoms with Gasteiger partial charge in [0.05, 0.1) is 17.5 Å². The van der Waals surface area contributed by atoms with Crippen molar-refractivity contribution in [3.8, 4) is 0 Å². The summed E-state index contributed by atoms with van der Waals surface area (Å²) in [5, 5.41) is 6.45. The average molecular weight is 362 g/mol. The fraction of sp³-hybridized carbons (Fsp3) is 0.474. The molecular weight excluding hydrogens is 338 g/mol. The molecule has 0 bridgehead atoms. The van der Waals surface area contributed by atoms with E-state index in [-0.39, 0.29) is 16.2 Å². The lowest BCUT2D eigenvalue weighted by Crippen LogP contribution is -2.48. The molecule has 0 spiro atoms. The van der Waals surface area contributed by atoms with Gasteiger partial charge in [0, 0.05) is 26.1 Å². The van der Waals surface area contributed by atoms with Crippen molar-refractivity contribution in [1.29, 1.82) is 0 Å². The second kappa shape index (κ2) is 7.58. The SMILES string of the molecule is CCOC1(Cc2ccccc2C)CCN(c2cn[nH]c(=O)c2Cl)CC1. The Labute approximate surface area is 153 Å². The topological polar surface area (TPSA) is 58.2 Å². The van der Waals surface area contributed by atoms with Crippen LogP contribution in [0.5, 0.6) is 0 Å². The van der Waals surface area contributed by atoms with Crippen LogP contribution in [0.1, 0.15) is 30.9 Å². The highest BCUT2D eigenvalue weighted by Gasteiger charge is 2.36. The standard InChI is InChI=1S/C19H24ClN3O2/c1-3-25-19(12-15-7-5-4-6-14(15)2)8-10-23(11-9-19)16-13-21-22-18(24)17(16)20/h4-7,13H,3,8-12H2,1-2H3,(H,22,24). The van der Waals surface area contributed by atoms with Gasteiger partial charge >= 0.3 is 0 Å². The molecule has 25 heavy (non-hydrogen) atoms. The largest absolute Gasteiger partial charge is 0.375 e. The van der Waals surface area contributed by atoms with Crippen LogP contribution < -0.4 is 10.5 Å². The average Bonchev–Trinajstić information content (AvgIpc) is 2.61. The zero-order valence-electron chi connectivity index (χ0n) is 14.7. The number of nitrogens with one attached hydrogen (secondary N) is 1. The van der Waals surface area contributed by atoms with Crippen molar-refractivity contribution in [2.75, 3.05) is 24.6 Å². The molecule has 1 aromatic heterocycles. The van der Waals surface area contributed by atoms with Gasteiger partial charge in [-0.25, -0.2) is 5.10 Å². The summed E-state index contributed by atoms with van der Waals surface area (Å²) in [7, 11) is 0. The van der Waals surface area contributed by atoms with E-state index in [0.29, 0.717) is 12.3 Å². The normalized spacial score (nSPS) is 16.8. The van der Waals surface area contributed by atoms with Crippen LogP contribution in [0.4, 0.5) is 5.69 Å². The van der Waals surface area contributed by atoms with Crippen LogP contribution in [0.15, 0.2) is 35.3 Å². The molecule has 0 amide bonds. The molecule has 1 aromatic carbocycles. The molecule has 5 nitrogen and oxygen atoms in total. The lowest BCUT2D eigenvalue weighted by molar-refractivity contribution is -0.0557. The van der Waals surface area contributed by atoms with Crippen LogP contribution in [-0.2, 0) is 11.2 Å². The fourth-order valence-electron chi connectivity index (χ4n) is 3.58. The second-order valence-corrected chi connectivity index (χ2v) is 6.98. The number of aromatic amines is 1. The molecule has 6 heteroatoms. The van der Waals surface area contributed by atoms with Gasteiger partial charge in [0.1, 0.15) is 5.02 Å². The van der Waals surface area contributed by atoms with E-state index >= 15 is 0 Å². The Morgan fingerprint density at radius 3 is 2.72 bits per heavy atom. The smallest absolute Gasteiger partial charge is 0.285 e. The van der Waals surface area contributed by atoms with E-state index in [1.165, 1.54) is 11.1 Å². The van der Waals surface area contributed by atoms with Crippen LogP contribution >= 0.6 is 11.6 Å². The number of rotatable bonds is 5. The summed E-state index contributed by atoms with van der Waals surface area (Å²) in [5.41, 5.74) is 2.82. The minimum Gasteiger partial charge on any atom is -0.375 e. The van der Waals surface area contributed by atoms with Crippen LogP contribution in [0, 0.1) is 6.92 Å². The van der Waals surface area contributed by atoms with E-state index in [1.54, 1.807) is 6.20 Å². The van der Waals surface area contributed by atoms with E-state index in [1.807, 2.05) is 6.92 Å². The molecule has 1 aliphatic heterocycles. The first-order valence-corrected chi connectivity index (χ1v) is 9.09. The maximum Gasteiger partial charge on any atom is 0.285 e. The highest BCUT2D eigenvalue weighted by molar-refractivity contribution is 6.32. The fourth-order valence-corrected chi connectivity index (χ4v) is 3.79. The van der Waals surface area contributed by atoms with Gasteiger partial charge in [0.25, 0.3) is 5.56 Å². The van der Waals surface area contributed by atoms with Gasteiger partial charge in [-0.05, 0) is 37.8 Å². The van der Waals surface area contributed by atoms with Crippen molar-refractivity contribution in [2.45, 2.75) is 38.7 Å². The third-order valence-electron chi connectivity index (χ3n) is 5.02. The maximum absolute atomic E-state index is 11.7. The molecule has 134 valence electrons. The molecule has 2 heterocycles. The van der Waals surface area contributed by atoms with Gasteiger partial charge in [-0.1, -0.05) is 35.9 Å². The van der Waals surface area contributed by atoms with Crippen LogP contribution in [0.3, 0.4) is 0 Å². The number of nitrogens with zero attached hydrogens (tertiary/aromatic N) is 2. The number of ether oxygens (including phenoxy) is 1. The molecule has 0 radical (unpaired) electrons. The van der Waals surface area contributed by atoms with Gasteiger partial charge in [-0.2, -0.15) is 5.10 Å². The molecule has 1 aliphatic rings. The quantitative estimate of drug-likeness (QED) is 0.887. The zero-order valence-corrected chi connectivity index (χ0v) is 15.5. The maximum atomic E-state index is 11.7. The molecule has 0 atom stereocenters. The highest BCUT2D eigenvalue weighted by atomic mass is 35.5. The van der Waals surface area contributed by atoms with Crippen LogP contribution in [-0.4, -0.2) is 35.5 Å². The highest BCUT2D eigenvalue weighted by Crippen LogP contribution is 2.34. The Hall–Kier alpha value is -1.85. The number of aryl methyl sites for hydroxylation is 1. The molecule has 3 rings (SSSR count). The summed E-state index contributed by atoms with van der Waals surface area (Å²) in [6.45, 7) is 6.46. The number of halogens is 1. The Balaban J connectivity index is 1.77. The summed E-state index contributed by atoms with van der Waals surface area (Å²) in [4.78, 5) is 13.8. The first-order chi connectivity index (χ1) is 12.0. The van der Waals surface area contributed by atoms with Crippen LogP contribution in [0.2, 0.25) is 5.02 Å². The molecule has 2 aromatic rings. The molecule has 0 unspecified atom stereocenters. The van der Waals surface area contributed by atoms with E-state index in [4.69, 9.17) is 16.3 Å². The Kier molecular flexibility index (Phi) is 5.45. The van der Waals surface area contributed by atoms with Crippen LogP contribution in [0.25, 0.3) is 0 Å². The second-order valence-electron chi connectivity index (χ2n) is 6.60. The van der Waals surface area contributed by atoms with Crippen molar-refractivity contribution >= 4 is 17.3 Å². The summed E-state index contributed by atoms with van der Waals surface area (Å²) >= 11 is 6.15. The number of hydrogen-bond donors (Lipinski definition) is 1. The van der Waals surface area contributed by atoms with Gasteiger partial charge in [0.2, 0.25) is 0 Å². The van der Waals surface area contributed by atoms with Crippen molar-refractivity contribution in [2.24, 2.45) is 0 Å². The third kappa shape index (κ3) is 3.88. The molecule has 0 saturated carbocycles. The van der Waals surface area contributed by atoms with Gasteiger partial charge in [0.15, 0.2) is 0 Å². The lowest BCUT2D eigenvalue weighted by atomic mass is 9.83. The Bertz CT molecular complexity index is 782. The van der Waals surface area contributed by atoms with E-state index in [2.05, 4.69) is 46.3 Å². The summed E-state index contributed by atoms with van der Waals surface area (Å²) < 4.78 is 6.22. The molecule has 0 aliphatic carbocycles. The predicted molar refractivity (Wildman–Crippen MR) is 101 cm³/mol. The predicted octanol–water partition coefficient (Wildman–Crippen LogP) is 3.35. The van der Waals surface area contributed by atoms with Crippen molar-refractivity contribution in [3.05, 3.63) is 57.0 Å². The third-order valence-corrected chi connectivity index (χ3v) is 5.38. The molecule has 1 N–H and O–H groups in total. The number of benzene rings is 1. The number of aromatic nitrogens is 2. The monoisotopic (exact) mass is 361 g/mol. The van der Waals surface area contributed by atoms with Crippen molar-refractivity contribution in [1.82, 2.24) is 10.2 Å². The number of anilines is 1. The number of hydrogen-bond acceptors (Lipinski definition) is 4. The Morgan fingerprint density at radius 2 is 2.04 bits per heavy atom. The van der Waals surface area contributed by atoms with Crippen molar-refractivity contribution in [3.63, 3.8) is 0 Å². The number of piperidine rings is 1. The van der Waals surface area contributed by atoms with Gasteiger partial charge in [-0.15, -0.1) is 0 Å². The lowest BCUT2D eigenvalue weighted by Gasteiger charge is -2.42. The van der Waals surface area contributed by atoms with E-state index in [0.717, 1.165) is 32.4 Å². The summed E-state index contributed by atoms with van der Waals surface area (Å²) in [6, 6.07) is 8.47. The Morgan fingerprint density at radius 1 is 1.32 bits per heavy atom. The minimum absolute atomic E-state index is 0.168. The molecular formula is C19H24ClN3O2. The summed E-state index contributed by atoms with van der Waals surface area (Å²) in [6.07, 6.45) is 4.30. The molecule has 1 saturated heterocycles. The van der Waals surface area contributed by atoms with Gasteiger partial charge in [-0.3, -0.25) is 4.79 Å². The zero-order chi connectivity index (χ0) is 17.9. The van der Waals surface area contributed by atoms with E-state index in [9.17, 15) is 4.79 Å². The first kappa shape index (κ1) is 18.0. The van der Waals surface area contributed by atoms with Gasteiger partial charge < -0.3 is 9.64 Å².